The lowest BCUT2D eigenvalue weighted by Crippen LogP contribution is -2.04. The van der Waals surface area contributed by atoms with Crippen LogP contribution >= 0.6 is 23.2 Å². The van der Waals surface area contributed by atoms with Gasteiger partial charge in [-0.05, 0) is 24.1 Å². The molecule has 0 spiro atoms. The van der Waals surface area contributed by atoms with E-state index >= 15 is 0 Å². The molecule has 0 amide bonds. The van der Waals surface area contributed by atoms with Gasteiger partial charge in [-0.25, -0.2) is 0 Å². The van der Waals surface area contributed by atoms with Gasteiger partial charge in [0.2, 0.25) is 0 Å². The first-order valence-electron chi connectivity index (χ1n) is 4.54. The average Bonchev–Trinajstić information content (AvgIpc) is 2.19. The fraction of sp³-hybridized carbons (Fsp3) is 0.273. The molecule has 0 saturated heterocycles. The lowest BCUT2D eigenvalue weighted by molar-refractivity contribution is -0.137. The van der Waals surface area contributed by atoms with Crippen molar-refractivity contribution in [3.8, 4) is 0 Å². The molecule has 0 atom stereocenters. The molecular formula is C11H9Cl2F3. The number of hydrogen-bond acceptors (Lipinski definition) is 0. The van der Waals surface area contributed by atoms with Crippen LogP contribution in [0.4, 0.5) is 13.2 Å². The Hall–Kier alpha value is -0.670. The molecule has 1 aromatic rings. The summed E-state index contributed by atoms with van der Waals surface area (Å²) in [5, 5.41) is 0.0839. The van der Waals surface area contributed by atoms with E-state index in [0.29, 0.717) is 17.9 Å². The van der Waals surface area contributed by atoms with Crippen LogP contribution in [0.25, 0.3) is 6.08 Å². The Morgan fingerprint density at radius 2 is 1.94 bits per heavy atom. The Labute approximate surface area is 102 Å². The van der Waals surface area contributed by atoms with Crippen molar-refractivity contribution >= 4 is 29.3 Å². The van der Waals surface area contributed by atoms with Gasteiger partial charge in [0.05, 0.1) is 5.56 Å². The molecule has 1 aromatic carbocycles. The van der Waals surface area contributed by atoms with Gasteiger partial charge in [0, 0.05) is 10.9 Å². The smallest absolute Gasteiger partial charge is 0.166 e. The van der Waals surface area contributed by atoms with Crippen molar-refractivity contribution in [2.75, 3.05) is 5.88 Å². The quantitative estimate of drug-likeness (QED) is 0.677. The summed E-state index contributed by atoms with van der Waals surface area (Å²) in [6, 6.07) is 3.27. The molecule has 0 unspecified atom stereocenters. The highest BCUT2D eigenvalue weighted by molar-refractivity contribution is 6.32. The van der Waals surface area contributed by atoms with Gasteiger partial charge in [0.25, 0.3) is 0 Å². The second-order valence-corrected chi connectivity index (χ2v) is 3.90. The first-order chi connectivity index (χ1) is 7.45. The summed E-state index contributed by atoms with van der Waals surface area (Å²) in [5.41, 5.74) is -0.188. The molecule has 0 N–H and O–H groups in total. The Kier molecular flexibility index (Phi) is 4.69. The van der Waals surface area contributed by atoms with Crippen molar-refractivity contribution in [1.29, 1.82) is 0 Å². The number of alkyl halides is 4. The van der Waals surface area contributed by atoms with E-state index < -0.39 is 11.7 Å². The Bertz CT molecular complexity index is 383. The zero-order valence-electron chi connectivity index (χ0n) is 8.19. The fourth-order valence-electron chi connectivity index (χ4n) is 1.11. The molecule has 0 radical (unpaired) electrons. The van der Waals surface area contributed by atoms with E-state index in [1.807, 2.05) is 0 Å². The molecule has 0 aromatic heterocycles. The third-order valence-electron chi connectivity index (χ3n) is 1.90. The van der Waals surface area contributed by atoms with E-state index in [4.69, 9.17) is 23.2 Å². The number of rotatable bonds is 3. The summed E-state index contributed by atoms with van der Waals surface area (Å²) < 4.78 is 36.9. The standard InChI is InChI=1S/C11H9Cl2F3/c12-6-2-1-3-8-4-5-9(7-10(8)13)11(14,15)16/h1,3-5,7H,2,6H2. The molecule has 0 bridgehead atoms. The van der Waals surface area contributed by atoms with Gasteiger partial charge in [-0.3, -0.25) is 0 Å². The molecule has 0 aliphatic rings. The van der Waals surface area contributed by atoms with Crippen molar-refractivity contribution in [3.05, 3.63) is 40.4 Å². The lowest BCUT2D eigenvalue weighted by atomic mass is 10.1. The number of benzene rings is 1. The molecule has 88 valence electrons. The van der Waals surface area contributed by atoms with Gasteiger partial charge in [-0.2, -0.15) is 13.2 Å². The monoisotopic (exact) mass is 268 g/mol. The van der Waals surface area contributed by atoms with E-state index in [1.165, 1.54) is 6.07 Å². The molecule has 0 aliphatic heterocycles. The van der Waals surface area contributed by atoms with Crippen LogP contribution in [0.5, 0.6) is 0 Å². The second kappa shape index (κ2) is 5.60. The molecule has 0 nitrogen and oxygen atoms in total. The Morgan fingerprint density at radius 1 is 1.25 bits per heavy atom. The van der Waals surface area contributed by atoms with Crippen molar-refractivity contribution in [3.63, 3.8) is 0 Å². The van der Waals surface area contributed by atoms with Gasteiger partial charge >= 0.3 is 6.18 Å². The Morgan fingerprint density at radius 3 is 2.44 bits per heavy atom. The zero-order valence-corrected chi connectivity index (χ0v) is 9.70. The maximum atomic E-state index is 12.3. The van der Waals surface area contributed by atoms with Crippen molar-refractivity contribution < 1.29 is 13.2 Å². The van der Waals surface area contributed by atoms with E-state index in [-0.39, 0.29) is 5.02 Å². The third kappa shape index (κ3) is 3.72. The first kappa shape index (κ1) is 13.4. The topological polar surface area (TPSA) is 0 Å². The summed E-state index contributed by atoms with van der Waals surface area (Å²) >= 11 is 11.2. The summed E-state index contributed by atoms with van der Waals surface area (Å²) in [4.78, 5) is 0. The van der Waals surface area contributed by atoms with Gasteiger partial charge in [-0.15, -0.1) is 11.6 Å². The largest absolute Gasteiger partial charge is 0.416 e. The molecule has 16 heavy (non-hydrogen) atoms. The van der Waals surface area contributed by atoms with Crippen LogP contribution in [0.1, 0.15) is 17.5 Å². The molecule has 0 fully saturated rings. The van der Waals surface area contributed by atoms with Crippen LogP contribution in [0.15, 0.2) is 24.3 Å². The van der Waals surface area contributed by atoms with Crippen molar-refractivity contribution in [2.45, 2.75) is 12.6 Å². The van der Waals surface area contributed by atoms with Crippen LogP contribution in [-0.4, -0.2) is 5.88 Å². The summed E-state index contributed by atoms with van der Waals surface area (Å²) in [6.07, 6.45) is -0.284. The molecule has 0 aliphatic carbocycles. The first-order valence-corrected chi connectivity index (χ1v) is 5.45. The molecule has 0 heterocycles. The minimum absolute atomic E-state index is 0.0839. The van der Waals surface area contributed by atoms with E-state index in [1.54, 1.807) is 12.2 Å². The minimum atomic E-state index is -4.36. The summed E-state index contributed by atoms with van der Waals surface area (Å²) in [7, 11) is 0. The zero-order chi connectivity index (χ0) is 12.2. The SMILES string of the molecule is FC(F)(F)c1ccc(C=CCCCl)c(Cl)c1. The van der Waals surface area contributed by atoms with E-state index in [2.05, 4.69) is 0 Å². The summed E-state index contributed by atoms with van der Waals surface area (Å²) in [5.74, 6) is 0.467. The lowest BCUT2D eigenvalue weighted by Gasteiger charge is -2.07. The Balaban J connectivity index is 2.92. The fourth-order valence-corrected chi connectivity index (χ4v) is 1.48. The van der Waals surface area contributed by atoms with Crippen molar-refractivity contribution in [1.82, 2.24) is 0 Å². The number of hydrogen-bond donors (Lipinski definition) is 0. The van der Waals surface area contributed by atoms with Gasteiger partial charge in [-0.1, -0.05) is 29.8 Å². The van der Waals surface area contributed by atoms with Crippen molar-refractivity contribution in [2.24, 2.45) is 0 Å². The van der Waals surface area contributed by atoms with E-state index in [0.717, 1.165) is 12.1 Å². The van der Waals surface area contributed by atoms with Crippen LogP contribution in [0.3, 0.4) is 0 Å². The van der Waals surface area contributed by atoms with Crippen LogP contribution in [0.2, 0.25) is 5.02 Å². The van der Waals surface area contributed by atoms with Crippen LogP contribution in [-0.2, 0) is 6.18 Å². The highest BCUT2D eigenvalue weighted by atomic mass is 35.5. The van der Waals surface area contributed by atoms with Gasteiger partial charge in [0.15, 0.2) is 0 Å². The number of halogens is 5. The highest BCUT2D eigenvalue weighted by Gasteiger charge is 2.30. The van der Waals surface area contributed by atoms with E-state index in [9.17, 15) is 13.2 Å². The average molecular weight is 269 g/mol. The normalized spacial score (nSPS) is 12.3. The maximum Gasteiger partial charge on any atom is 0.416 e. The number of allylic oxidation sites excluding steroid dienone is 1. The third-order valence-corrected chi connectivity index (χ3v) is 2.45. The molecule has 0 saturated carbocycles. The second-order valence-electron chi connectivity index (χ2n) is 3.11. The molecular weight excluding hydrogens is 260 g/mol. The van der Waals surface area contributed by atoms with Gasteiger partial charge in [0.1, 0.15) is 0 Å². The highest BCUT2D eigenvalue weighted by Crippen LogP contribution is 2.32. The maximum absolute atomic E-state index is 12.3. The molecule has 5 heteroatoms. The van der Waals surface area contributed by atoms with Crippen LogP contribution < -0.4 is 0 Å². The minimum Gasteiger partial charge on any atom is -0.166 e. The summed E-state index contributed by atoms with van der Waals surface area (Å²) in [6.45, 7) is 0. The predicted octanol–water partition coefficient (Wildman–Crippen LogP) is 5.00. The predicted molar refractivity (Wildman–Crippen MR) is 60.8 cm³/mol. The van der Waals surface area contributed by atoms with Crippen LogP contribution in [0, 0.1) is 0 Å². The van der Waals surface area contributed by atoms with Gasteiger partial charge < -0.3 is 0 Å². The molecule has 1 rings (SSSR count).